The van der Waals surface area contributed by atoms with E-state index in [4.69, 9.17) is 18.9 Å². The van der Waals surface area contributed by atoms with Gasteiger partial charge in [-0.05, 0) is 58.7 Å². The van der Waals surface area contributed by atoms with Crippen molar-refractivity contribution in [1.29, 1.82) is 0 Å². The van der Waals surface area contributed by atoms with Gasteiger partial charge in [0.15, 0.2) is 11.5 Å². The quantitative estimate of drug-likeness (QED) is 0.299. The van der Waals surface area contributed by atoms with Crippen LogP contribution in [0.1, 0.15) is 79.1 Å². The largest absolute Gasteiger partial charge is 0.490 e. The van der Waals surface area contributed by atoms with Gasteiger partial charge in [0.25, 0.3) is 0 Å². The highest BCUT2D eigenvalue weighted by Crippen LogP contribution is 2.38. The number of ether oxygens (including phenoxy) is 4. The lowest BCUT2D eigenvalue weighted by molar-refractivity contribution is 0.0525. The van der Waals surface area contributed by atoms with Crippen LogP contribution in [0.15, 0.2) is 18.2 Å². The lowest BCUT2D eigenvalue weighted by Gasteiger charge is -2.19. The third kappa shape index (κ3) is 6.46. The van der Waals surface area contributed by atoms with Crippen LogP contribution < -0.4 is 9.47 Å². The van der Waals surface area contributed by atoms with E-state index in [0.29, 0.717) is 47.2 Å². The summed E-state index contributed by atoms with van der Waals surface area (Å²) in [6.07, 6.45) is 3.14. The number of hydrogen-bond acceptors (Lipinski definition) is 7. The van der Waals surface area contributed by atoms with Crippen molar-refractivity contribution in [3.8, 4) is 22.6 Å². The molecule has 0 amide bonds. The van der Waals surface area contributed by atoms with E-state index in [1.807, 2.05) is 13.0 Å². The Morgan fingerprint density at radius 2 is 1.39 bits per heavy atom. The number of aryl methyl sites for hydroxylation is 2. The second-order valence-electron chi connectivity index (χ2n) is 7.50. The molecule has 0 atom stereocenters. The summed E-state index contributed by atoms with van der Waals surface area (Å²) in [5, 5.41) is 0. The number of rotatable bonds is 12. The van der Waals surface area contributed by atoms with E-state index in [2.05, 4.69) is 11.9 Å². The van der Waals surface area contributed by atoms with Crippen molar-refractivity contribution < 1.29 is 28.5 Å². The molecule has 7 heteroatoms. The topological polar surface area (TPSA) is 84.0 Å². The Morgan fingerprint density at radius 1 is 0.788 bits per heavy atom. The molecule has 0 aliphatic heterocycles. The normalized spacial score (nSPS) is 10.6. The summed E-state index contributed by atoms with van der Waals surface area (Å²) >= 11 is 0. The van der Waals surface area contributed by atoms with Crippen LogP contribution in [0.2, 0.25) is 0 Å². The highest BCUT2D eigenvalue weighted by molar-refractivity contribution is 6.07. The Labute approximate surface area is 196 Å². The van der Waals surface area contributed by atoms with Crippen LogP contribution in [0.5, 0.6) is 11.5 Å². The molecule has 180 valence electrons. The van der Waals surface area contributed by atoms with Crippen LogP contribution in [0, 0.1) is 13.8 Å². The van der Waals surface area contributed by atoms with E-state index in [1.54, 1.807) is 39.8 Å². The maximum atomic E-state index is 12.9. The van der Waals surface area contributed by atoms with Crippen molar-refractivity contribution in [2.75, 3.05) is 26.4 Å². The molecule has 0 saturated heterocycles. The average Bonchev–Trinajstić information content (AvgIpc) is 2.77. The molecular formula is C26H35NO6. The average molecular weight is 458 g/mol. The van der Waals surface area contributed by atoms with Gasteiger partial charge < -0.3 is 18.9 Å². The Morgan fingerprint density at radius 3 is 1.91 bits per heavy atom. The van der Waals surface area contributed by atoms with Crippen LogP contribution in [-0.4, -0.2) is 43.4 Å². The first kappa shape index (κ1) is 26.2. The number of hydrogen-bond donors (Lipinski definition) is 0. The second kappa shape index (κ2) is 12.8. The monoisotopic (exact) mass is 457 g/mol. The molecule has 1 aromatic carbocycles. The zero-order chi connectivity index (χ0) is 24.4. The maximum Gasteiger partial charge on any atom is 0.340 e. The SMILES string of the molecule is CCCCCOc1ccc(-c2c(C(=O)OCC)c(C)nc(C)c2C(=O)OCC)cc1OCC. The van der Waals surface area contributed by atoms with Gasteiger partial charge in [0, 0.05) is 5.56 Å². The molecule has 1 aromatic heterocycles. The van der Waals surface area contributed by atoms with Crippen LogP contribution in [0.25, 0.3) is 11.1 Å². The Balaban J connectivity index is 2.70. The highest BCUT2D eigenvalue weighted by atomic mass is 16.5. The fourth-order valence-electron chi connectivity index (χ4n) is 3.63. The van der Waals surface area contributed by atoms with E-state index in [1.165, 1.54) is 0 Å². The number of aromatic nitrogens is 1. The lowest BCUT2D eigenvalue weighted by Crippen LogP contribution is -2.17. The van der Waals surface area contributed by atoms with Crippen molar-refractivity contribution in [2.24, 2.45) is 0 Å². The van der Waals surface area contributed by atoms with Gasteiger partial charge in [-0.2, -0.15) is 0 Å². The van der Waals surface area contributed by atoms with Crippen LogP contribution in [0.3, 0.4) is 0 Å². The molecule has 0 unspecified atom stereocenters. The van der Waals surface area contributed by atoms with E-state index < -0.39 is 11.9 Å². The lowest BCUT2D eigenvalue weighted by atomic mass is 9.92. The van der Waals surface area contributed by atoms with E-state index in [0.717, 1.165) is 19.3 Å². The molecule has 1 heterocycles. The van der Waals surface area contributed by atoms with Crippen molar-refractivity contribution in [2.45, 2.75) is 60.8 Å². The Hall–Kier alpha value is -3.09. The molecular weight excluding hydrogens is 422 g/mol. The molecule has 2 rings (SSSR count). The van der Waals surface area contributed by atoms with Gasteiger partial charge in [0.05, 0.1) is 48.9 Å². The van der Waals surface area contributed by atoms with Crippen molar-refractivity contribution >= 4 is 11.9 Å². The van der Waals surface area contributed by atoms with Gasteiger partial charge in [-0.1, -0.05) is 25.8 Å². The highest BCUT2D eigenvalue weighted by Gasteiger charge is 2.28. The zero-order valence-electron chi connectivity index (χ0n) is 20.6. The van der Waals surface area contributed by atoms with Crippen LogP contribution >= 0.6 is 0 Å². The molecule has 0 aliphatic rings. The van der Waals surface area contributed by atoms with E-state index in [9.17, 15) is 9.59 Å². The van der Waals surface area contributed by atoms with Gasteiger partial charge in [-0.3, -0.25) is 4.98 Å². The number of unbranched alkanes of at least 4 members (excludes halogenated alkanes) is 2. The number of nitrogens with zero attached hydrogens (tertiary/aromatic N) is 1. The van der Waals surface area contributed by atoms with Crippen LogP contribution in [0.4, 0.5) is 0 Å². The Kier molecular flexibility index (Phi) is 10.2. The minimum atomic E-state index is -0.541. The first-order chi connectivity index (χ1) is 15.9. The zero-order valence-corrected chi connectivity index (χ0v) is 20.6. The van der Waals surface area contributed by atoms with Gasteiger partial charge in [0.1, 0.15) is 0 Å². The number of pyridine rings is 1. The minimum absolute atomic E-state index is 0.203. The predicted molar refractivity (Wildman–Crippen MR) is 127 cm³/mol. The minimum Gasteiger partial charge on any atom is -0.490 e. The summed E-state index contributed by atoms with van der Waals surface area (Å²) in [7, 11) is 0. The van der Waals surface area contributed by atoms with Crippen molar-refractivity contribution in [3.05, 3.63) is 40.7 Å². The number of esters is 2. The number of benzene rings is 1. The van der Waals surface area contributed by atoms with E-state index >= 15 is 0 Å². The fourth-order valence-corrected chi connectivity index (χ4v) is 3.63. The molecule has 0 bridgehead atoms. The molecule has 2 aromatic rings. The van der Waals surface area contributed by atoms with Gasteiger partial charge in [-0.15, -0.1) is 0 Å². The summed E-state index contributed by atoms with van der Waals surface area (Å²) in [5.74, 6) is 0.0830. The molecule has 0 spiro atoms. The summed E-state index contributed by atoms with van der Waals surface area (Å²) in [6.45, 7) is 12.4. The molecule has 0 fully saturated rings. The molecule has 0 saturated carbocycles. The summed E-state index contributed by atoms with van der Waals surface area (Å²) in [4.78, 5) is 30.3. The smallest absolute Gasteiger partial charge is 0.340 e. The summed E-state index contributed by atoms with van der Waals surface area (Å²) in [5.41, 5.74) is 2.49. The third-order valence-electron chi connectivity index (χ3n) is 5.06. The standard InChI is InChI=1S/C26H35NO6/c1-7-11-12-15-33-20-14-13-19(16-21(20)30-8-2)24-22(25(28)31-9-3)17(5)27-18(6)23(24)26(29)32-10-4/h13-14,16H,7-12,15H2,1-6H3. The van der Waals surface area contributed by atoms with Gasteiger partial charge in [-0.25, -0.2) is 9.59 Å². The molecule has 7 nitrogen and oxygen atoms in total. The molecule has 0 radical (unpaired) electrons. The van der Waals surface area contributed by atoms with Crippen molar-refractivity contribution in [1.82, 2.24) is 4.98 Å². The molecule has 0 aliphatic carbocycles. The Bertz CT molecular complexity index is 927. The molecule has 33 heavy (non-hydrogen) atoms. The first-order valence-electron chi connectivity index (χ1n) is 11.6. The van der Waals surface area contributed by atoms with Crippen molar-refractivity contribution in [3.63, 3.8) is 0 Å². The van der Waals surface area contributed by atoms with Gasteiger partial charge in [0.2, 0.25) is 0 Å². The second-order valence-corrected chi connectivity index (χ2v) is 7.50. The van der Waals surface area contributed by atoms with E-state index in [-0.39, 0.29) is 24.3 Å². The fraction of sp³-hybridized carbons (Fsp3) is 0.500. The maximum absolute atomic E-state index is 12.9. The first-order valence-corrected chi connectivity index (χ1v) is 11.6. The summed E-state index contributed by atoms with van der Waals surface area (Å²) < 4.78 is 22.4. The molecule has 0 N–H and O–H groups in total. The van der Waals surface area contributed by atoms with Crippen LogP contribution in [-0.2, 0) is 9.47 Å². The summed E-state index contributed by atoms with van der Waals surface area (Å²) in [6, 6.07) is 5.41. The number of carbonyl (C=O) groups is 2. The third-order valence-corrected chi connectivity index (χ3v) is 5.06. The predicted octanol–water partition coefficient (Wildman–Crippen LogP) is 5.69. The van der Waals surface area contributed by atoms with Gasteiger partial charge >= 0.3 is 11.9 Å². The number of carbonyl (C=O) groups excluding carboxylic acids is 2.